The minimum Gasteiger partial charge on any atom is -0.357 e. The van der Waals surface area contributed by atoms with Crippen molar-refractivity contribution < 1.29 is 4.74 Å². The molecule has 0 saturated carbocycles. The molecule has 0 aliphatic carbocycles. The van der Waals surface area contributed by atoms with Gasteiger partial charge in [-0.3, -0.25) is 5.32 Å². The summed E-state index contributed by atoms with van der Waals surface area (Å²) < 4.78 is 5.63. The lowest BCUT2D eigenvalue weighted by molar-refractivity contribution is 0.101. The fraction of sp³-hybridized carbons (Fsp3) is 0.455. The van der Waals surface area contributed by atoms with Crippen molar-refractivity contribution in [2.24, 2.45) is 0 Å². The van der Waals surface area contributed by atoms with Crippen LogP contribution in [0.15, 0.2) is 24.3 Å². The highest BCUT2D eigenvalue weighted by Crippen LogP contribution is 2.22. The van der Waals surface area contributed by atoms with Crippen LogP contribution in [0, 0.1) is 0 Å². The van der Waals surface area contributed by atoms with Crippen LogP contribution in [-0.4, -0.2) is 12.6 Å². The van der Waals surface area contributed by atoms with Crippen molar-refractivity contribution in [2.75, 3.05) is 6.61 Å². The van der Waals surface area contributed by atoms with E-state index in [1.54, 1.807) is 0 Å². The molecule has 1 aromatic rings. The third-order valence-corrected chi connectivity index (χ3v) is 2.77. The number of benzene rings is 1. The Hall–Kier alpha value is -0.570. The molecule has 2 atom stereocenters. The highest BCUT2D eigenvalue weighted by Gasteiger charge is 2.23. The Morgan fingerprint density at radius 2 is 2.14 bits per heavy atom. The Kier molecular flexibility index (Phi) is 3.06. The van der Waals surface area contributed by atoms with E-state index < -0.39 is 0 Å². The Morgan fingerprint density at radius 3 is 2.71 bits per heavy atom. The predicted octanol–water partition coefficient (Wildman–Crippen LogP) is 2.74. The van der Waals surface area contributed by atoms with Gasteiger partial charge in [0.1, 0.15) is 6.23 Å². The first-order chi connectivity index (χ1) is 6.79. The number of hydrogen-bond acceptors (Lipinski definition) is 2. The van der Waals surface area contributed by atoms with Crippen LogP contribution in [-0.2, 0) is 4.74 Å². The van der Waals surface area contributed by atoms with E-state index in [0.29, 0.717) is 6.04 Å². The summed E-state index contributed by atoms with van der Waals surface area (Å²) in [7, 11) is 0. The highest BCUT2D eigenvalue weighted by molar-refractivity contribution is 6.30. The summed E-state index contributed by atoms with van der Waals surface area (Å²) in [5, 5.41) is 4.17. The molecular formula is C11H14ClNO. The topological polar surface area (TPSA) is 21.3 Å². The zero-order chi connectivity index (χ0) is 9.97. The van der Waals surface area contributed by atoms with Crippen LogP contribution in [0.4, 0.5) is 0 Å². The molecule has 1 saturated heterocycles. The van der Waals surface area contributed by atoms with E-state index in [9.17, 15) is 0 Å². The average molecular weight is 212 g/mol. The molecule has 1 fully saturated rings. The molecule has 1 N–H and O–H groups in total. The van der Waals surface area contributed by atoms with Crippen molar-refractivity contribution in [2.45, 2.75) is 25.6 Å². The van der Waals surface area contributed by atoms with Gasteiger partial charge in [0, 0.05) is 11.1 Å². The summed E-state index contributed by atoms with van der Waals surface area (Å²) in [4.78, 5) is 0. The Morgan fingerprint density at radius 1 is 1.43 bits per heavy atom. The molecule has 14 heavy (non-hydrogen) atoms. The molecule has 0 amide bonds. The maximum atomic E-state index is 5.81. The van der Waals surface area contributed by atoms with Crippen molar-refractivity contribution in [1.82, 2.24) is 5.32 Å². The molecule has 0 spiro atoms. The SMILES string of the molecule is CC[C@H]1CO[C@H](c2ccc(Cl)cc2)N1. The standard InChI is InChI=1S/C11H14ClNO/c1-2-10-7-14-11(13-10)8-3-5-9(12)6-4-8/h3-6,10-11,13H,2,7H2,1H3/t10-,11+/m0/s1. The molecule has 1 heterocycles. The van der Waals surface area contributed by atoms with Gasteiger partial charge in [0.2, 0.25) is 0 Å². The molecule has 1 aromatic carbocycles. The second kappa shape index (κ2) is 4.30. The summed E-state index contributed by atoms with van der Waals surface area (Å²) in [6.45, 7) is 2.95. The minimum absolute atomic E-state index is 0.0391. The average Bonchev–Trinajstić information content (AvgIpc) is 2.67. The van der Waals surface area contributed by atoms with Gasteiger partial charge in [-0.25, -0.2) is 0 Å². The summed E-state index contributed by atoms with van der Waals surface area (Å²) in [5.41, 5.74) is 1.14. The van der Waals surface area contributed by atoms with Crippen molar-refractivity contribution in [3.8, 4) is 0 Å². The van der Waals surface area contributed by atoms with E-state index in [-0.39, 0.29) is 6.23 Å². The lowest BCUT2D eigenvalue weighted by Crippen LogP contribution is -2.24. The zero-order valence-electron chi connectivity index (χ0n) is 8.16. The van der Waals surface area contributed by atoms with Crippen LogP contribution >= 0.6 is 11.6 Å². The van der Waals surface area contributed by atoms with Crippen molar-refractivity contribution in [3.05, 3.63) is 34.9 Å². The van der Waals surface area contributed by atoms with Crippen LogP contribution in [0.2, 0.25) is 5.02 Å². The number of ether oxygens (including phenoxy) is 1. The molecule has 76 valence electrons. The first-order valence-corrected chi connectivity index (χ1v) is 5.30. The van der Waals surface area contributed by atoms with E-state index in [1.165, 1.54) is 0 Å². The summed E-state index contributed by atoms with van der Waals surface area (Å²) in [6, 6.07) is 8.26. The molecule has 0 aromatic heterocycles. The summed E-state index contributed by atoms with van der Waals surface area (Å²) >= 11 is 5.81. The minimum atomic E-state index is 0.0391. The molecule has 1 aliphatic rings. The second-order valence-electron chi connectivity index (χ2n) is 3.54. The third-order valence-electron chi connectivity index (χ3n) is 2.52. The number of hydrogen-bond donors (Lipinski definition) is 1. The van der Waals surface area contributed by atoms with Crippen LogP contribution in [0.1, 0.15) is 25.1 Å². The summed E-state index contributed by atoms with van der Waals surface area (Å²) in [5.74, 6) is 0. The quantitative estimate of drug-likeness (QED) is 0.812. The Bertz CT molecular complexity index is 299. The van der Waals surface area contributed by atoms with Gasteiger partial charge in [0.15, 0.2) is 0 Å². The van der Waals surface area contributed by atoms with Crippen LogP contribution in [0.25, 0.3) is 0 Å². The van der Waals surface area contributed by atoms with Gasteiger partial charge in [0.25, 0.3) is 0 Å². The van der Waals surface area contributed by atoms with Crippen molar-refractivity contribution in [3.63, 3.8) is 0 Å². The monoisotopic (exact) mass is 211 g/mol. The molecule has 0 bridgehead atoms. The normalized spacial score (nSPS) is 26.7. The van der Waals surface area contributed by atoms with Gasteiger partial charge in [-0.1, -0.05) is 30.7 Å². The highest BCUT2D eigenvalue weighted by atomic mass is 35.5. The predicted molar refractivity (Wildman–Crippen MR) is 57.4 cm³/mol. The lowest BCUT2D eigenvalue weighted by atomic mass is 10.2. The van der Waals surface area contributed by atoms with Gasteiger partial charge in [0.05, 0.1) is 6.61 Å². The van der Waals surface area contributed by atoms with Gasteiger partial charge in [-0.05, 0) is 24.1 Å². The second-order valence-corrected chi connectivity index (χ2v) is 3.97. The largest absolute Gasteiger partial charge is 0.357 e. The maximum Gasteiger partial charge on any atom is 0.134 e. The third kappa shape index (κ3) is 2.08. The van der Waals surface area contributed by atoms with Gasteiger partial charge in [-0.15, -0.1) is 0 Å². The van der Waals surface area contributed by atoms with Gasteiger partial charge in [-0.2, -0.15) is 0 Å². The lowest BCUT2D eigenvalue weighted by Gasteiger charge is -2.11. The maximum absolute atomic E-state index is 5.81. The number of halogens is 1. The number of rotatable bonds is 2. The van der Waals surface area contributed by atoms with Crippen LogP contribution in [0.5, 0.6) is 0 Å². The van der Waals surface area contributed by atoms with Crippen molar-refractivity contribution >= 4 is 11.6 Å². The first kappa shape index (κ1) is 9.97. The molecule has 2 rings (SSSR count). The smallest absolute Gasteiger partial charge is 0.134 e. The Labute approximate surface area is 89.2 Å². The van der Waals surface area contributed by atoms with E-state index in [0.717, 1.165) is 23.6 Å². The molecule has 2 nitrogen and oxygen atoms in total. The molecule has 3 heteroatoms. The van der Waals surface area contributed by atoms with Crippen LogP contribution < -0.4 is 5.32 Å². The van der Waals surface area contributed by atoms with E-state index in [4.69, 9.17) is 16.3 Å². The molecule has 0 unspecified atom stereocenters. The zero-order valence-corrected chi connectivity index (χ0v) is 8.92. The Balaban J connectivity index is 2.06. The molecular weight excluding hydrogens is 198 g/mol. The molecule has 1 aliphatic heterocycles. The number of nitrogens with one attached hydrogen (secondary N) is 1. The van der Waals surface area contributed by atoms with Gasteiger partial charge < -0.3 is 4.74 Å². The summed E-state index contributed by atoms with van der Waals surface area (Å²) in [6.07, 6.45) is 1.14. The van der Waals surface area contributed by atoms with Crippen LogP contribution in [0.3, 0.4) is 0 Å². The van der Waals surface area contributed by atoms with E-state index >= 15 is 0 Å². The van der Waals surface area contributed by atoms with Gasteiger partial charge >= 0.3 is 0 Å². The molecule has 0 radical (unpaired) electrons. The van der Waals surface area contributed by atoms with Crippen molar-refractivity contribution in [1.29, 1.82) is 0 Å². The van der Waals surface area contributed by atoms with E-state index in [2.05, 4.69) is 12.2 Å². The fourth-order valence-corrected chi connectivity index (χ4v) is 1.71. The first-order valence-electron chi connectivity index (χ1n) is 4.92. The van der Waals surface area contributed by atoms with E-state index in [1.807, 2.05) is 24.3 Å². The fourth-order valence-electron chi connectivity index (χ4n) is 1.59.